The number of benzene rings is 6. The molecule has 0 saturated carbocycles. The summed E-state index contributed by atoms with van der Waals surface area (Å²) >= 11 is 0. The molecule has 5 heterocycles. The van der Waals surface area contributed by atoms with Crippen molar-refractivity contribution >= 4 is 43.9 Å². The fourth-order valence-corrected chi connectivity index (χ4v) is 7.95. The van der Waals surface area contributed by atoms with Crippen molar-refractivity contribution in [3.63, 3.8) is 0 Å². The number of fused-ring (bicyclic) bond motifs is 6. The molecule has 0 aliphatic heterocycles. The van der Waals surface area contributed by atoms with Crippen LogP contribution < -0.4 is 0 Å². The molecule has 0 saturated heterocycles. The minimum absolute atomic E-state index is 0.784. The Bertz CT molecular complexity index is 2920. The Hall–Kier alpha value is -7.51. The summed E-state index contributed by atoms with van der Waals surface area (Å²) in [4.78, 5) is 15.9. The Morgan fingerprint density at radius 2 is 0.704 bits per heavy atom. The fraction of sp³-hybridized carbons (Fsp3) is 0. The van der Waals surface area contributed by atoms with E-state index < -0.39 is 0 Å². The predicted octanol–water partition coefficient (Wildman–Crippen LogP) is 11.0. The van der Waals surface area contributed by atoms with Crippen LogP contribution in [0, 0.1) is 0 Å². The highest BCUT2D eigenvalue weighted by Crippen LogP contribution is 2.39. The molecule has 0 unspecified atom stereocenters. The second-order valence-corrected chi connectivity index (χ2v) is 13.4. The molecular formula is C47H31N7. The number of pyridine rings is 1. The summed E-state index contributed by atoms with van der Waals surface area (Å²) in [6, 6.07) is 61.1. The van der Waals surface area contributed by atoms with Crippen LogP contribution in [-0.2, 0) is 0 Å². The SMILES string of the molecule is c1ccc(-c2cnc(-n3c4ccccc4c4nc5c6ccccc6n(-c6ncc(-c7ccccc7)n6-c6ccccc6)c5cc43)n2-c2ccccc2)cc1. The average molecular weight is 694 g/mol. The van der Waals surface area contributed by atoms with Crippen molar-refractivity contribution in [3.05, 3.63) is 188 Å². The summed E-state index contributed by atoms with van der Waals surface area (Å²) < 4.78 is 9.01. The largest absolute Gasteiger partial charge is 0.278 e. The van der Waals surface area contributed by atoms with Crippen LogP contribution in [0.1, 0.15) is 0 Å². The fourth-order valence-electron chi connectivity index (χ4n) is 7.95. The third-order valence-corrected chi connectivity index (χ3v) is 10.3. The second kappa shape index (κ2) is 12.0. The molecule has 0 amide bonds. The van der Waals surface area contributed by atoms with Gasteiger partial charge in [-0.25, -0.2) is 15.0 Å². The summed E-state index contributed by atoms with van der Waals surface area (Å²) in [7, 11) is 0. The number of hydrogen-bond donors (Lipinski definition) is 0. The molecule has 54 heavy (non-hydrogen) atoms. The van der Waals surface area contributed by atoms with Crippen molar-refractivity contribution in [1.82, 2.24) is 33.2 Å². The van der Waals surface area contributed by atoms with Crippen LogP contribution in [0.4, 0.5) is 0 Å². The van der Waals surface area contributed by atoms with Crippen molar-refractivity contribution in [2.24, 2.45) is 0 Å². The molecular weight excluding hydrogens is 663 g/mol. The predicted molar refractivity (Wildman–Crippen MR) is 218 cm³/mol. The van der Waals surface area contributed by atoms with E-state index in [1.165, 1.54) is 0 Å². The Morgan fingerprint density at radius 3 is 1.13 bits per heavy atom. The standard InChI is InChI=1S/C47H31N7/c1-5-17-32(18-6-1)42-30-48-46(51(42)34-21-9-3-10-22-34)53-38-27-15-13-25-36(38)44-40(53)29-41-45(50-44)37-26-14-16-28-39(37)54(41)47-49-31-43(33-19-7-2-8-20-33)52(47)35-23-11-4-12-24-35/h1-31H. The maximum absolute atomic E-state index is 5.55. The number of hydrogen-bond acceptors (Lipinski definition) is 3. The first-order valence-electron chi connectivity index (χ1n) is 18.0. The molecule has 0 bridgehead atoms. The third-order valence-electron chi connectivity index (χ3n) is 10.3. The Morgan fingerprint density at radius 1 is 0.333 bits per heavy atom. The van der Waals surface area contributed by atoms with Gasteiger partial charge in [0, 0.05) is 33.3 Å². The van der Waals surface area contributed by atoms with Crippen molar-refractivity contribution in [3.8, 4) is 45.8 Å². The summed E-state index contributed by atoms with van der Waals surface area (Å²) in [5, 5.41) is 2.12. The van der Waals surface area contributed by atoms with E-state index in [1.807, 2.05) is 36.7 Å². The number of nitrogens with zero attached hydrogens (tertiary/aromatic N) is 7. The van der Waals surface area contributed by atoms with Crippen molar-refractivity contribution in [2.75, 3.05) is 0 Å². The first-order valence-corrected chi connectivity index (χ1v) is 18.0. The van der Waals surface area contributed by atoms with Crippen LogP contribution >= 0.6 is 0 Å². The van der Waals surface area contributed by atoms with Gasteiger partial charge in [0.2, 0.25) is 11.9 Å². The van der Waals surface area contributed by atoms with Gasteiger partial charge < -0.3 is 0 Å². The van der Waals surface area contributed by atoms with Gasteiger partial charge in [0.15, 0.2) is 0 Å². The van der Waals surface area contributed by atoms with Crippen molar-refractivity contribution in [2.45, 2.75) is 0 Å². The van der Waals surface area contributed by atoms with E-state index in [0.29, 0.717) is 0 Å². The summed E-state index contributed by atoms with van der Waals surface area (Å²) in [5.74, 6) is 1.57. The minimum atomic E-state index is 0.784. The van der Waals surface area contributed by atoms with Gasteiger partial charge in [-0.1, -0.05) is 133 Å². The molecule has 6 aromatic carbocycles. The smallest absolute Gasteiger partial charge is 0.220 e. The van der Waals surface area contributed by atoms with Crippen LogP contribution in [0.5, 0.6) is 0 Å². The molecule has 7 nitrogen and oxygen atoms in total. The highest BCUT2D eigenvalue weighted by atomic mass is 15.3. The van der Waals surface area contributed by atoms with E-state index in [2.05, 4.69) is 170 Å². The number of para-hydroxylation sites is 4. The lowest BCUT2D eigenvalue weighted by Crippen LogP contribution is -2.08. The van der Waals surface area contributed by atoms with Crippen LogP contribution in [-0.4, -0.2) is 33.2 Å². The van der Waals surface area contributed by atoms with Gasteiger partial charge in [0.1, 0.15) is 0 Å². The van der Waals surface area contributed by atoms with E-state index in [9.17, 15) is 0 Å². The Balaban J connectivity index is 1.26. The molecule has 0 N–H and O–H groups in total. The molecule has 11 rings (SSSR count). The molecule has 254 valence electrons. The van der Waals surface area contributed by atoms with Crippen molar-refractivity contribution < 1.29 is 0 Å². The molecule has 0 spiro atoms. The summed E-state index contributed by atoms with van der Waals surface area (Å²) in [6.07, 6.45) is 3.95. The molecule has 0 atom stereocenters. The van der Waals surface area contributed by atoms with Crippen LogP contribution in [0.3, 0.4) is 0 Å². The first-order chi connectivity index (χ1) is 26.8. The van der Waals surface area contributed by atoms with Crippen LogP contribution in [0.15, 0.2) is 188 Å². The van der Waals surface area contributed by atoms with E-state index in [-0.39, 0.29) is 0 Å². The Labute approximate surface area is 310 Å². The number of rotatable bonds is 6. The van der Waals surface area contributed by atoms with Crippen molar-refractivity contribution in [1.29, 1.82) is 0 Å². The first kappa shape index (κ1) is 30.1. The minimum Gasteiger partial charge on any atom is -0.278 e. The van der Waals surface area contributed by atoms with Gasteiger partial charge >= 0.3 is 0 Å². The van der Waals surface area contributed by atoms with E-state index in [1.54, 1.807) is 0 Å². The zero-order valence-corrected chi connectivity index (χ0v) is 29.0. The molecule has 5 aromatic heterocycles. The zero-order chi connectivity index (χ0) is 35.6. The molecule has 11 aromatic rings. The lowest BCUT2D eigenvalue weighted by atomic mass is 10.1. The maximum Gasteiger partial charge on any atom is 0.220 e. The van der Waals surface area contributed by atoms with Gasteiger partial charge in [0.25, 0.3) is 0 Å². The molecule has 7 heteroatoms. The third kappa shape index (κ3) is 4.52. The molecule has 0 aliphatic carbocycles. The molecule has 0 fully saturated rings. The zero-order valence-electron chi connectivity index (χ0n) is 29.0. The number of aromatic nitrogens is 7. The van der Waals surface area contributed by atoms with Gasteiger partial charge in [-0.3, -0.25) is 18.3 Å². The van der Waals surface area contributed by atoms with Gasteiger partial charge in [-0.15, -0.1) is 0 Å². The molecule has 0 aliphatic rings. The topological polar surface area (TPSA) is 58.4 Å². The van der Waals surface area contributed by atoms with E-state index in [0.717, 1.165) is 89.7 Å². The maximum atomic E-state index is 5.55. The monoisotopic (exact) mass is 693 g/mol. The molecule has 0 radical (unpaired) electrons. The summed E-state index contributed by atoms with van der Waals surface area (Å²) in [6.45, 7) is 0. The lowest BCUT2D eigenvalue weighted by molar-refractivity contribution is 0.935. The van der Waals surface area contributed by atoms with E-state index in [4.69, 9.17) is 15.0 Å². The Kier molecular flexibility index (Phi) is 6.72. The van der Waals surface area contributed by atoms with Gasteiger partial charge in [-0.2, -0.15) is 0 Å². The van der Waals surface area contributed by atoms with E-state index >= 15 is 0 Å². The van der Waals surface area contributed by atoms with Gasteiger partial charge in [0.05, 0.1) is 56.9 Å². The highest BCUT2D eigenvalue weighted by molar-refractivity contribution is 6.15. The van der Waals surface area contributed by atoms with Gasteiger partial charge in [-0.05, 0) is 42.5 Å². The highest BCUT2D eigenvalue weighted by Gasteiger charge is 2.25. The number of imidazole rings is 2. The summed E-state index contributed by atoms with van der Waals surface area (Å²) in [5.41, 5.74) is 12.0. The lowest BCUT2D eigenvalue weighted by Gasteiger charge is -2.15. The van der Waals surface area contributed by atoms with Crippen LogP contribution in [0.25, 0.3) is 89.7 Å². The second-order valence-electron chi connectivity index (χ2n) is 13.4. The quantitative estimate of drug-likeness (QED) is 0.174. The normalized spacial score (nSPS) is 11.7. The van der Waals surface area contributed by atoms with Crippen LogP contribution in [0.2, 0.25) is 0 Å². The average Bonchev–Trinajstić information content (AvgIpc) is 4.02.